The average molecular weight is 355 g/mol. The Labute approximate surface area is 153 Å². The van der Waals surface area contributed by atoms with Gasteiger partial charge < -0.3 is 14.4 Å². The van der Waals surface area contributed by atoms with Gasteiger partial charge in [-0.15, -0.1) is 0 Å². The van der Waals surface area contributed by atoms with Crippen molar-refractivity contribution in [3.63, 3.8) is 0 Å². The minimum absolute atomic E-state index is 0.0185. The largest absolute Gasteiger partial charge is 0.491 e. The van der Waals surface area contributed by atoms with Crippen LogP contribution in [0, 0.1) is 0 Å². The van der Waals surface area contributed by atoms with E-state index >= 15 is 0 Å². The highest BCUT2D eigenvalue weighted by molar-refractivity contribution is 5.94. The second kappa shape index (κ2) is 6.76. The first-order chi connectivity index (χ1) is 12.6. The predicted octanol–water partition coefficient (Wildman–Crippen LogP) is 2.96. The van der Waals surface area contributed by atoms with E-state index in [9.17, 15) is 4.79 Å². The summed E-state index contributed by atoms with van der Waals surface area (Å²) in [6, 6.07) is 7.90. The van der Waals surface area contributed by atoms with Crippen LogP contribution in [0.15, 0.2) is 24.3 Å². The van der Waals surface area contributed by atoms with Crippen LogP contribution in [0.5, 0.6) is 5.75 Å². The minimum atomic E-state index is -0.0454. The Balaban J connectivity index is 1.69. The number of rotatable bonds is 2. The van der Waals surface area contributed by atoms with Crippen LogP contribution in [-0.4, -0.2) is 39.8 Å². The second-order valence-electron chi connectivity index (χ2n) is 7.00. The SMILES string of the molecule is CCn1nc(C(=O)N2CCOc3ccccc3C2)c2c1[C@H](C)O[C@H](C)C2. The number of para-hydroxylation sites is 1. The summed E-state index contributed by atoms with van der Waals surface area (Å²) in [5.41, 5.74) is 3.69. The van der Waals surface area contributed by atoms with Crippen molar-refractivity contribution in [1.29, 1.82) is 0 Å². The summed E-state index contributed by atoms with van der Waals surface area (Å²) in [5, 5.41) is 4.66. The Morgan fingerprint density at radius 1 is 1.31 bits per heavy atom. The molecule has 3 heterocycles. The predicted molar refractivity (Wildman–Crippen MR) is 97.2 cm³/mol. The number of ether oxygens (including phenoxy) is 2. The number of carbonyl (C=O) groups excluding carboxylic acids is 1. The van der Waals surface area contributed by atoms with Crippen LogP contribution in [0.2, 0.25) is 0 Å². The van der Waals surface area contributed by atoms with Gasteiger partial charge in [0.1, 0.15) is 12.4 Å². The maximum Gasteiger partial charge on any atom is 0.275 e. The van der Waals surface area contributed by atoms with Crippen molar-refractivity contribution in [3.8, 4) is 5.75 Å². The molecule has 0 spiro atoms. The average Bonchev–Trinajstić information content (AvgIpc) is 2.86. The van der Waals surface area contributed by atoms with Crippen molar-refractivity contribution in [2.24, 2.45) is 0 Å². The van der Waals surface area contributed by atoms with E-state index < -0.39 is 0 Å². The van der Waals surface area contributed by atoms with Crippen LogP contribution < -0.4 is 4.74 Å². The Hall–Kier alpha value is -2.34. The molecule has 1 amide bonds. The molecule has 0 saturated carbocycles. The van der Waals surface area contributed by atoms with Crippen LogP contribution in [-0.2, 0) is 24.2 Å². The highest BCUT2D eigenvalue weighted by atomic mass is 16.5. The maximum atomic E-state index is 13.3. The minimum Gasteiger partial charge on any atom is -0.491 e. The number of nitrogens with zero attached hydrogens (tertiary/aromatic N) is 3. The summed E-state index contributed by atoms with van der Waals surface area (Å²) in [6.07, 6.45) is 0.768. The van der Waals surface area contributed by atoms with Gasteiger partial charge in [0.25, 0.3) is 5.91 Å². The van der Waals surface area contributed by atoms with Gasteiger partial charge in [-0.3, -0.25) is 9.48 Å². The first-order valence-corrected chi connectivity index (χ1v) is 9.33. The van der Waals surface area contributed by atoms with E-state index in [1.807, 2.05) is 54.6 Å². The maximum absolute atomic E-state index is 13.3. The fourth-order valence-corrected chi connectivity index (χ4v) is 3.98. The molecule has 1 aromatic carbocycles. The van der Waals surface area contributed by atoms with Gasteiger partial charge >= 0.3 is 0 Å². The third kappa shape index (κ3) is 2.88. The molecule has 2 aliphatic rings. The number of benzene rings is 1. The molecule has 0 saturated heterocycles. The van der Waals surface area contributed by atoms with Crippen LogP contribution in [0.1, 0.15) is 54.2 Å². The first-order valence-electron chi connectivity index (χ1n) is 9.33. The number of aromatic nitrogens is 2. The van der Waals surface area contributed by atoms with E-state index in [-0.39, 0.29) is 18.1 Å². The number of carbonyl (C=O) groups is 1. The van der Waals surface area contributed by atoms with E-state index in [1.54, 1.807) is 0 Å². The van der Waals surface area contributed by atoms with Crippen molar-refractivity contribution in [2.45, 2.75) is 52.5 Å². The summed E-state index contributed by atoms with van der Waals surface area (Å²) < 4.78 is 13.7. The fraction of sp³-hybridized carbons (Fsp3) is 0.500. The van der Waals surface area contributed by atoms with Crippen LogP contribution >= 0.6 is 0 Å². The third-order valence-corrected chi connectivity index (χ3v) is 5.15. The number of hydrogen-bond donors (Lipinski definition) is 0. The lowest BCUT2D eigenvalue weighted by Gasteiger charge is -2.27. The summed E-state index contributed by atoms with van der Waals surface area (Å²) in [6.45, 7) is 8.45. The van der Waals surface area contributed by atoms with E-state index in [2.05, 4.69) is 5.10 Å². The number of fused-ring (bicyclic) bond motifs is 2. The molecule has 0 N–H and O–H groups in total. The molecule has 0 fully saturated rings. The molecule has 6 nitrogen and oxygen atoms in total. The highest BCUT2D eigenvalue weighted by Crippen LogP contribution is 2.33. The van der Waals surface area contributed by atoms with Gasteiger partial charge in [0, 0.05) is 30.6 Å². The molecule has 138 valence electrons. The highest BCUT2D eigenvalue weighted by Gasteiger charge is 2.34. The zero-order valence-electron chi connectivity index (χ0n) is 15.6. The monoisotopic (exact) mass is 355 g/mol. The van der Waals surface area contributed by atoms with Crippen LogP contribution in [0.25, 0.3) is 0 Å². The van der Waals surface area contributed by atoms with Crippen molar-refractivity contribution >= 4 is 5.91 Å². The molecule has 2 aromatic rings. The number of amides is 1. The van der Waals surface area contributed by atoms with E-state index in [1.165, 1.54) is 0 Å². The van der Waals surface area contributed by atoms with Gasteiger partial charge in [-0.25, -0.2) is 0 Å². The van der Waals surface area contributed by atoms with E-state index in [0.717, 1.165) is 35.5 Å². The number of aryl methyl sites for hydroxylation is 1. The summed E-state index contributed by atoms with van der Waals surface area (Å²) in [4.78, 5) is 15.2. The van der Waals surface area contributed by atoms with Crippen molar-refractivity contribution in [2.75, 3.05) is 13.2 Å². The number of hydrogen-bond acceptors (Lipinski definition) is 4. The molecular formula is C20H25N3O3. The summed E-state index contributed by atoms with van der Waals surface area (Å²) in [5.74, 6) is 0.842. The van der Waals surface area contributed by atoms with E-state index in [4.69, 9.17) is 9.47 Å². The zero-order chi connectivity index (χ0) is 18.3. The summed E-state index contributed by atoms with van der Waals surface area (Å²) in [7, 11) is 0. The quantitative estimate of drug-likeness (QED) is 0.831. The molecule has 0 bridgehead atoms. The van der Waals surface area contributed by atoms with Gasteiger partial charge in [0.2, 0.25) is 0 Å². The Morgan fingerprint density at radius 3 is 2.92 bits per heavy atom. The van der Waals surface area contributed by atoms with Gasteiger partial charge in [0.05, 0.1) is 24.4 Å². The molecule has 0 radical (unpaired) electrons. The van der Waals surface area contributed by atoms with Gasteiger partial charge in [-0.1, -0.05) is 18.2 Å². The lowest BCUT2D eigenvalue weighted by molar-refractivity contribution is -0.00952. The van der Waals surface area contributed by atoms with Crippen molar-refractivity contribution in [1.82, 2.24) is 14.7 Å². The lowest BCUT2D eigenvalue weighted by Crippen LogP contribution is -2.34. The lowest BCUT2D eigenvalue weighted by atomic mass is 9.99. The molecule has 0 aliphatic carbocycles. The van der Waals surface area contributed by atoms with Crippen LogP contribution in [0.3, 0.4) is 0 Å². The Kier molecular flexibility index (Phi) is 4.44. The van der Waals surface area contributed by atoms with Crippen molar-refractivity contribution in [3.05, 3.63) is 46.8 Å². The smallest absolute Gasteiger partial charge is 0.275 e. The molecule has 2 aliphatic heterocycles. The van der Waals surface area contributed by atoms with Gasteiger partial charge in [-0.2, -0.15) is 5.10 Å². The normalized spacial score (nSPS) is 22.2. The molecule has 6 heteroatoms. The molecule has 1 aromatic heterocycles. The molecule has 26 heavy (non-hydrogen) atoms. The zero-order valence-corrected chi connectivity index (χ0v) is 15.6. The Morgan fingerprint density at radius 2 is 2.12 bits per heavy atom. The fourth-order valence-electron chi connectivity index (χ4n) is 3.98. The molecule has 0 unspecified atom stereocenters. The van der Waals surface area contributed by atoms with E-state index in [0.29, 0.717) is 25.4 Å². The second-order valence-corrected chi connectivity index (χ2v) is 7.00. The molecule has 2 atom stereocenters. The van der Waals surface area contributed by atoms with Crippen LogP contribution in [0.4, 0.5) is 0 Å². The van der Waals surface area contributed by atoms with Gasteiger partial charge in [0.15, 0.2) is 5.69 Å². The van der Waals surface area contributed by atoms with Gasteiger partial charge in [-0.05, 0) is 26.8 Å². The first kappa shape index (κ1) is 17.1. The standard InChI is InChI=1S/C20H25N3O3/c1-4-23-19-14(3)26-13(2)11-16(19)18(21-23)20(24)22-9-10-25-17-8-6-5-7-15(17)12-22/h5-8,13-14H,4,9-12H2,1-3H3/t13-,14+/m1/s1. The summed E-state index contributed by atoms with van der Waals surface area (Å²) >= 11 is 0. The molecular weight excluding hydrogens is 330 g/mol. The third-order valence-electron chi connectivity index (χ3n) is 5.15. The Bertz CT molecular complexity index is 830. The van der Waals surface area contributed by atoms with Crippen molar-refractivity contribution < 1.29 is 14.3 Å². The molecule has 4 rings (SSSR count). The topological polar surface area (TPSA) is 56.6 Å².